The van der Waals surface area contributed by atoms with Gasteiger partial charge >= 0.3 is 11.9 Å². The van der Waals surface area contributed by atoms with Gasteiger partial charge in [0.2, 0.25) is 0 Å². The van der Waals surface area contributed by atoms with Gasteiger partial charge in [-0.25, -0.2) is 4.79 Å². The minimum atomic E-state index is -1.63. The molecular formula is C14H17FO4. The van der Waals surface area contributed by atoms with Gasteiger partial charge in [0.1, 0.15) is 0 Å². The summed E-state index contributed by atoms with van der Waals surface area (Å²) < 4.78 is 17.2. The Bertz CT molecular complexity index is 432. The average molecular weight is 268 g/mol. The third kappa shape index (κ3) is 3.30. The molecule has 19 heavy (non-hydrogen) atoms. The maximum Gasteiger partial charge on any atom is 0.366 e. The van der Waals surface area contributed by atoms with Crippen molar-refractivity contribution in [1.82, 2.24) is 0 Å². The van der Waals surface area contributed by atoms with E-state index in [1.807, 2.05) is 6.07 Å². The molecule has 1 rings (SSSR count). The summed E-state index contributed by atoms with van der Waals surface area (Å²) in [6, 6.07) is 8.89. The van der Waals surface area contributed by atoms with E-state index in [9.17, 15) is 14.1 Å². The van der Waals surface area contributed by atoms with Gasteiger partial charge in [-0.2, -0.15) is 0 Å². The first-order chi connectivity index (χ1) is 9.10. The second-order valence-electron chi connectivity index (χ2n) is 4.18. The zero-order chi connectivity index (χ0) is 14.3. The Labute approximate surface area is 111 Å². The Balaban J connectivity index is 3.10. The maximum absolute atomic E-state index is 12.3. The van der Waals surface area contributed by atoms with E-state index in [0.29, 0.717) is 0 Å². The number of benzene rings is 1. The van der Waals surface area contributed by atoms with E-state index < -0.39 is 17.4 Å². The lowest BCUT2D eigenvalue weighted by molar-refractivity contribution is -0.202. The fourth-order valence-electron chi connectivity index (χ4n) is 1.93. The number of hydrogen-bond acceptors (Lipinski definition) is 4. The minimum Gasteiger partial charge on any atom is -0.465 e. The van der Waals surface area contributed by atoms with Gasteiger partial charge in [-0.15, -0.1) is 0 Å². The van der Waals surface area contributed by atoms with Crippen LogP contribution in [0.15, 0.2) is 30.3 Å². The Hall–Kier alpha value is -1.91. The highest BCUT2D eigenvalue weighted by Gasteiger charge is 2.48. The van der Waals surface area contributed by atoms with E-state index in [1.54, 1.807) is 38.1 Å². The first kappa shape index (κ1) is 15.1. The fourth-order valence-corrected chi connectivity index (χ4v) is 1.93. The van der Waals surface area contributed by atoms with Gasteiger partial charge in [-0.3, -0.25) is 9.74 Å². The Morgan fingerprint density at radius 1 is 1.16 bits per heavy atom. The summed E-state index contributed by atoms with van der Waals surface area (Å²) in [6.45, 7) is 3.37. The molecule has 104 valence electrons. The highest BCUT2D eigenvalue weighted by molar-refractivity contribution is 6.00. The molecule has 0 aromatic heterocycles. The van der Waals surface area contributed by atoms with Gasteiger partial charge in [-0.1, -0.05) is 37.3 Å². The standard InChI is InChI=1S/C14H17FO4/c1-3-14(13(17)19-15,12(16)18-4-2)10-11-8-6-5-7-9-11/h5-9H,3-4,10H2,1-2H3. The van der Waals surface area contributed by atoms with Crippen molar-refractivity contribution in [3.05, 3.63) is 35.9 Å². The number of hydrogen-bond donors (Lipinski definition) is 0. The number of esters is 1. The van der Waals surface area contributed by atoms with E-state index in [-0.39, 0.29) is 19.4 Å². The molecule has 0 N–H and O–H groups in total. The van der Waals surface area contributed by atoms with E-state index in [1.165, 1.54) is 0 Å². The van der Waals surface area contributed by atoms with Crippen LogP contribution < -0.4 is 0 Å². The normalized spacial score (nSPS) is 13.4. The third-order valence-corrected chi connectivity index (χ3v) is 3.08. The lowest BCUT2D eigenvalue weighted by atomic mass is 9.79. The second-order valence-corrected chi connectivity index (χ2v) is 4.18. The average Bonchev–Trinajstić information content (AvgIpc) is 2.45. The number of ether oxygens (including phenoxy) is 1. The van der Waals surface area contributed by atoms with E-state index >= 15 is 0 Å². The maximum atomic E-state index is 12.3. The number of halogens is 1. The third-order valence-electron chi connectivity index (χ3n) is 3.08. The Morgan fingerprint density at radius 3 is 2.26 bits per heavy atom. The van der Waals surface area contributed by atoms with Crippen molar-refractivity contribution in [2.75, 3.05) is 6.61 Å². The topological polar surface area (TPSA) is 52.6 Å². The molecule has 0 radical (unpaired) electrons. The molecule has 0 saturated heterocycles. The molecule has 0 aliphatic carbocycles. The van der Waals surface area contributed by atoms with Crippen molar-refractivity contribution in [2.45, 2.75) is 26.7 Å². The van der Waals surface area contributed by atoms with Gasteiger partial charge < -0.3 is 4.74 Å². The lowest BCUT2D eigenvalue weighted by Gasteiger charge is -2.25. The summed E-state index contributed by atoms with van der Waals surface area (Å²) in [4.78, 5) is 27.0. The van der Waals surface area contributed by atoms with Gasteiger partial charge in [-0.05, 0) is 25.3 Å². The van der Waals surface area contributed by atoms with Crippen LogP contribution in [-0.2, 0) is 25.7 Å². The van der Waals surface area contributed by atoms with E-state index in [0.717, 1.165) is 5.56 Å². The summed E-state index contributed by atoms with van der Waals surface area (Å²) >= 11 is 0. The molecule has 0 aliphatic heterocycles. The molecule has 4 nitrogen and oxygen atoms in total. The van der Waals surface area contributed by atoms with Gasteiger partial charge in [0.05, 0.1) is 6.61 Å². The molecule has 0 fully saturated rings. The predicted octanol–water partition coefficient (Wildman–Crippen LogP) is 2.62. The fraction of sp³-hybridized carbons (Fsp3) is 0.429. The first-order valence-electron chi connectivity index (χ1n) is 6.15. The number of carbonyl (C=O) groups excluding carboxylic acids is 2. The molecule has 1 aromatic rings. The molecule has 0 aliphatic rings. The second kappa shape index (κ2) is 6.87. The van der Waals surface area contributed by atoms with Gasteiger partial charge in [0, 0.05) is 4.53 Å². The highest BCUT2D eigenvalue weighted by Crippen LogP contribution is 2.31. The van der Waals surface area contributed by atoms with Crippen LogP contribution in [0.2, 0.25) is 0 Å². The molecule has 1 aromatic carbocycles. The summed E-state index contributed by atoms with van der Waals surface area (Å²) in [5.74, 6) is -1.97. The van der Waals surface area contributed by atoms with Crippen molar-refractivity contribution in [1.29, 1.82) is 0 Å². The molecule has 1 atom stereocenters. The molecular weight excluding hydrogens is 251 g/mol. The van der Waals surface area contributed by atoms with Crippen molar-refractivity contribution in [2.24, 2.45) is 5.41 Å². The smallest absolute Gasteiger partial charge is 0.366 e. The molecule has 0 saturated carbocycles. The lowest BCUT2D eigenvalue weighted by Crippen LogP contribution is -2.42. The molecule has 0 spiro atoms. The zero-order valence-electron chi connectivity index (χ0n) is 11.0. The van der Waals surface area contributed by atoms with Crippen LogP contribution in [0.1, 0.15) is 25.8 Å². The predicted molar refractivity (Wildman–Crippen MR) is 66.7 cm³/mol. The number of carbonyl (C=O) groups is 2. The van der Waals surface area contributed by atoms with Gasteiger partial charge in [0.25, 0.3) is 0 Å². The quantitative estimate of drug-likeness (QED) is 0.588. The van der Waals surface area contributed by atoms with Crippen LogP contribution in [0.4, 0.5) is 4.53 Å². The van der Waals surface area contributed by atoms with Crippen LogP contribution in [-0.4, -0.2) is 18.5 Å². The van der Waals surface area contributed by atoms with Crippen LogP contribution in [0.5, 0.6) is 0 Å². The van der Waals surface area contributed by atoms with Gasteiger partial charge in [0.15, 0.2) is 5.41 Å². The van der Waals surface area contributed by atoms with Crippen molar-refractivity contribution >= 4 is 11.9 Å². The largest absolute Gasteiger partial charge is 0.465 e. The summed E-state index contributed by atoms with van der Waals surface area (Å²) in [5.41, 5.74) is -0.894. The van der Waals surface area contributed by atoms with Crippen LogP contribution in [0.3, 0.4) is 0 Å². The van der Waals surface area contributed by atoms with Crippen LogP contribution >= 0.6 is 0 Å². The highest BCUT2D eigenvalue weighted by atomic mass is 19.3. The minimum absolute atomic E-state index is 0.0475. The summed E-state index contributed by atoms with van der Waals surface area (Å²) in [5, 5.41) is 0. The van der Waals surface area contributed by atoms with E-state index in [2.05, 4.69) is 4.94 Å². The van der Waals surface area contributed by atoms with E-state index in [4.69, 9.17) is 4.74 Å². The number of rotatable bonds is 6. The molecule has 5 heteroatoms. The molecule has 0 heterocycles. The van der Waals surface area contributed by atoms with Crippen LogP contribution in [0, 0.1) is 5.41 Å². The monoisotopic (exact) mass is 268 g/mol. The van der Waals surface area contributed by atoms with Crippen molar-refractivity contribution in [3.63, 3.8) is 0 Å². The molecule has 0 amide bonds. The Kier molecular flexibility index (Phi) is 5.48. The van der Waals surface area contributed by atoms with Crippen molar-refractivity contribution < 1.29 is 23.8 Å². The molecule has 1 unspecified atom stereocenters. The van der Waals surface area contributed by atoms with Crippen LogP contribution in [0.25, 0.3) is 0 Å². The first-order valence-corrected chi connectivity index (χ1v) is 6.15. The summed E-state index contributed by atoms with van der Waals surface area (Å²) in [7, 11) is 0. The SMILES string of the molecule is CCOC(=O)C(CC)(Cc1ccccc1)C(=O)OF. The Morgan fingerprint density at radius 2 is 1.79 bits per heavy atom. The van der Waals surface area contributed by atoms with Crippen molar-refractivity contribution in [3.8, 4) is 0 Å². The summed E-state index contributed by atoms with van der Waals surface area (Å²) in [6.07, 6.45) is 0.148. The zero-order valence-corrected chi connectivity index (χ0v) is 11.0. The molecule has 0 bridgehead atoms.